The second kappa shape index (κ2) is 5.14. The molecule has 15 heavy (non-hydrogen) atoms. The van der Waals surface area contributed by atoms with Gasteiger partial charge in [0.1, 0.15) is 5.75 Å². The highest BCUT2D eigenvalue weighted by Crippen LogP contribution is 2.21. The van der Waals surface area contributed by atoms with Crippen LogP contribution in [0.15, 0.2) is 18.2 Å². The van der Waals surface area contributed by atoms with Crippen molar-refractivity contribution >= 4 is 12.3 Å². The summed E-state index contributed by atoms with van der Waals surface area (Å²) in [6.45, 7) is 1.61. The smallest absolute Gasteiger partial charge is 0.343 e. The van der Waals surface area contributed by atoms with Gasteiger partial charge in [0.05, 0.1) is 12.7 Å². The fraction of sp³-hybridized carbons (Fsp3) is 0.273. The van der Waals surface area contributed by atoms with Crippen molar-refractivity contribution in [3.8, 4) is 5.75 Å². The number of aryl methyl sites for hydroxylation is 1. The highest BCUT2D eigenvalue weighted by atomic mass is 16.6. The number of aldehydes is 1. The summed E-state index contributed by atoms with van der Waals surface area (Å²) in [6.07, 6.45) is 0.694. The average molecular weight is 208 g/mol. The Morgan fingerprint density at radius 1 is 1.47 bits per heavy atom. The third-order valence-electron chi connectivity index (χ3n) is 1.93. The molecule has 0 saturated carbocycles. The van der Waals surface area contributed by atoms with E-state index in [9.17, 15) is 9.59 Å². The lowest BCUT2D eigenvalue weighted by Crippen LogP contribution is -2.13. The maximum absolute atomic E-state index is 10.9. The normalized spacial score (nSPS) is 9.47. The molecule has 0 N–H and O–H groups in total. The van der Waals surface area contributed by atoms with E-state index in [2.05, 4.69) is 4.74 Å². The van der Waals surface area contributed by atoms with E-state index in [0.717, 1.165) is 5.56 Å². The largest absolute Gasteiger partial charge is 0.481 e. The van der Waals surface area contributed by atoms with Crippen LogP contribution in [0.2, 0.25) is 0 Å². The number of hydrogen-bond donors (Lipinski definition) is 0. The molecule has 1 aromatic rings. The van der Waals surface area contributed by atoms with Crippen molar-refractivity contribution in [2.24, 2.45) is 0 Å². The van der Waals surface area contributed by atoms with E-state index < -0.39 is 5.97 Å². The Morgan fingerprint density at radius 3 is 2.80 bits per heavy atom. The van der Waals surface area contributed by atoms with Gasteiger partial charge in [-0.25, -0.2) is 4.79 Å². The predicted octanol–water partition coefficient (Wildman–Crippen LogP) is 1.36. The summed E-state index contributed by atoms with van der Waals surface area (Å²) in [7, 11) is 1.28. The minimum atomic E-state index is -0.477. The first kappa shape index (κ1) is 11.2. The number of ether oxygens (including phenoxy) is 2. The van der Waals surface area contributed by atoms with Gasteiger partial charge in [-0.15, -0.1) is 0 Å². The molecule has 4 nitrogen and oxygen atoms in total. The predicted molar refractivity (Wildman–Crippen MR) is 54.1 cm³/mol. The number of rotatable bonds is 4. The van der Waals surface area contributed by atoms with E-state index in [4.69, 9.17) is 4.74 Å². The zero-order chi connectivity index (χ0) is 11.3. The topological polar surface area (TPSA) is 52.6 Å². The number of esters is 1. The summed E-state index contributed by atoms with van der Waals surface area (Å²) >= 11 is 0. The van der Waals surface area contributed by atoms with E-state index >= 15 is 0 Å². The van der Waals surface area contributed by atoms with Crippen LogP contribution in [-0.4, -0.2) is 26.0 Å². The summed E-state index contributed by atoms with van der Waals surface area (Å²) in [5.74, 6) is -0.0481. The van der Waals surface area contributed by atoms with Crippen LogP contribution in [0.4, 0.5) is 0 Å². The molecule has 0 saturated heterocycles. The van der Waals surface area contributed by atoms with E-state index in [1.165, 1.54) is 7.11 Å². The van der Waals surface area contributed by atoms with Crippen LogP contribution >= 0.6 is 0 Å². The third kappa shape index (κ3) is 2.80. The summed E-state index contributed by atoms with van der Waals surface area (Å²) in [6, 6.07) is 5.19. The Morgan fingerprint density at radius 2 is 2.20 bits per heavy atom. The van der Waals surface area contributed by atoms with Crippen LogP contribution in [0.1, 0.15) is 15.9 Å². The Bertz CT molecular complexity index is 371. The van der Waals surface area contributed by atoms with Crippen molar-refractivity contribution in [3.63, 3.8) is 0 Å². The average Bonchev–Trinajstić information content (AvgIpc) is 2.26. The first-order valence-electron chi connectivity index (χ1n) is 4.43. The number of methoxy groups -OCH3 is 1. The molecule has 80 valence electrons. The van der Waals surface area contributed by atoms with Gasteiger partial charge in [-0.05, 0) is 18.6 Å². The molecule has 0 aliphatic carbocycles. The van der Waals surface area contributed by atoms with Gasteiger partial charge in [0.2, 0.25) is 0 Å². The van der Waals surface area contributed by atoms with Gasteiger partial charge in [0.25, 0.3) is 0 Å². The molecule has 0 heterocycles. The summed E-state index contributed by atoms with van der Waals surface area (Å²) < 4.78 is 9.64. The molecule has 0 spiro atoms. The minimum absolute atomic E-state index is 0.192. The quantitative estimate of drug-likeness (QED) is 0.553. The lowest BCUT2D eigenvalue weighted by atomic mass is 10.1. The zero-order valence-corrected chi connectivity index (χ0v) is 8.65. The van der Waals surface area contributed by atoms with Gasteiger partial charge in [-0.3, -0.25) is 4.79 Å². The summed E-state index contributed by atoms with van der Waals surface area (Å²) in [5, 5.41) is 0. The SMILES string of the molecule is COC(=O)COc1c(C)cccc1C=O. The summed E-state index contributed by atoms with van der Waals surface area (Å²) in [5.41, 5.74) is 1.24. The Hall–Kier alpha value is -1.84. The van der Waals surface area contributed by atoms with Crippen molar-refractivity contribution < 1.29 is 19.1 Å². The summed E-state index contributed by atoms with van der Waals surface area (Å²) in [4.78, 5) is 21.6. The lowest BCUT2D eigenvalue weighted by Gasteiger charge is -2.09. The number of para-hydroxylation sites is 1. The molecule has 0 amide bonds. The number of hydrogen-bond acceptors (Lipinski definition) is 4. The van der Waals surface area contributed by atoms with Crippen molar-refractivity contribution in [2.45, 2.75) is 6.92 Å². The van der Waals surface area contributed by atoms with Gasteiger partial charge < -0.3 is 9.47 Å². The fourth-order valence-corrected chi connectivity index (χ4v) is 1.16. The van der Waals surface area contributed by atoms with Crippen LogP contribution in [0.25, 0.3) is 0 Å². The van der Waals surface area contributed by atoms with E-state index in [1.54, 1.807) is 25.1 Å². The first-order valence-corrected chi connectivity index (χ1v) is 4.43. The Balaban J connectivity index is 2.83. The lowest BCUT2D eigenvalue weighted by molar-refractivity contribution is -0.142. The number of benzene rings is 1. The molecule has 4 heteroatoms. The van der Waals surface area contributed by atoms with Gasteiger partial charge in [0.15, 0.2) is 12.9 Å². The van der Waals surface area contributed by atoms with Gasteiger partial charge in [-0.1, -0.05) is 12.1 Å². The van der Waals surface area contributed by atoms with Gasteiger partial charge >= 0.3 is 5.97 Å². The second-order valence-corrected chi connectivity index (χ2v) is 2.98. The van der Waals surface area contributed by atoms with Crippen LogP contribution in [0.3, 0.4) is 0 Å². The highest BCUT2D eigenvalue weighted by molar-refractivity contribution is 5.80. The van der Waals surface area contributed by atoms with Gasteiger partial charge in [0, 0.05) is 0 Å². The highest BCUT2D eigenvalue weighted by Gasteiger charge is 2.08. The molecule has 0 fully saturated rings. The Labute approximate surface area is 87.8 Å². The van der Waals surface area contributed by atoms with E-state index in [-0.39, 0.29) is 6.61 Å². The minimum Gasteiger partial charge on any atom is -0.481 e. The van der Waals surface area contributed by atoms with Crippen LogP contribution in [-0.2, 0) is 9.53 Å². The molecule has 0 unspecified atom stereocenters. The second-order valence-electron chi connectivity index (χ2n) is 2.98. The molecular weight excluding hydrogens is 196 g/mol. The molecule has 1 aromatic carbocycles. The Kier molecular flexibility index (Phi) is 3.85. The molecule has 0 atom stereocenters. The monoisotopic (exact) mass is 208 g/mol. The van der Waals surface area contributed by atoms with E-state index in [1.807, 2.05) is 0 Å². The molecule has 0 aromatic heterocycles. The molecule has 0 bridgehead atoms. The van der Waals surface area contributed by atoms with E-state index in [0.29, 0.717) is 17.6 Å². The van der Waals surface area contributed by atoms with Crippen molar-refractivity contribution in [2.75, 3.05) is 13.7 Å². The zero-order valence-electron chi connectivity index (χ0n) is 8.65. The first-order chi connectivity index (χ1) is 7.19. The molecule has 0 aliphatic heterocycles. The molecule has 1 rings (SSSR count). The number of carbonyl (C=O) groups excluding carboxylic acids is 2. The van der Waals surface area contributed by atoms with Crippen LogP contribution in [0, 0.1) is 6.92 Å². The third-order valence-corrected chi connectivity index (χ3v) is 1.93. The fourth-order valence-electron chi connectivity index (χ4n) is 1.16. The number of carbonyl (C=O) groups is 2. The molecular formula is C11H12O4. The van der Waals surface area contributed by atoms with Crippen LogP contribution < -0.4 is 4.74 Å². The van der Waals surface area contributed by atoms with Crippen molar-refractivity contribution in [1.82, 2.24) is 0 Å². The van der Waals surface area contributed by atoms with Crippen molar-refractivity contribution in [1.29, 1.82) is 0 Å². The molecule has 0 radical (unpaired) electrons. The van der Waals surface area contributed by atoms with Gasteiger partial charge in [-0.2, -0.15) is 0 Å². The maximum atomic E-state index is 10.9. The van der Waals surface area contributed by atoms with Crippen molar-refractivity contribution in [3.05, 3.63) is 29.3 Å². The standard InChI is InChI=1S/C11H12O4/c1-8-4-3-5-9(6-12)11(8)15-7-10(13)14-2/h3-6H,7H2,1-2H3. The maximum Gasteiger partial charge on any atom is 0.343 e. The molecule has 0 aliphatic rings. The van der Waals surface area contributed by atoms with Crippen LogP contribution in [0.5, 0.6) is 5.75 Å².